The van der Waals surface area contributed by atoms with Crippen LogP contribution >= 0.6 is 0 Å². The first kappa shape index (κ1) is 11.7. The normalized spacial score (nSPS) is 34.6. The molecule has 1 saturated carbocycles. The van der Waals surface area contributed by atoms with Crippen molar-refractivity contribution in [2.24, 2.45) is 5.92 Å². The molecule has 1 heterocycles. The molecule has 2 aliphatic rings. The van der Waals surface area contributed by atoms with E-state index in [1.54, 1.807) is 0 Å². The van der Waals surface area contributed by atoms with Gasteiger partial charge in [0.2, 0.25) is 0 Å². The molecule has 0 aromatic rings. The summed E-state index contributed by atoms with van der Waals surface area (Å²) in [5, 5.41) is 0. The van der Waals surface area contributed by atoms with Crippen LogP contribution in [0.25, 0.3) is 0 Å². The highest BCUT2D eigenvalue weighted by Gasteiger charge is 2.52. The van der Waals surface area contributed by atoms with Crippen molar-refractivity contribution in [1.82, 2.24) is 0 Å². The highest BCUT2D eigenvalue weighted by Crippen LogP contribution is 2.48. The second kappa shape index (κ2) is 4.58. The van der Waals surface area contributed by atoms with E-state index >= 15 is 0 Å². The van der Waals surface area contributed by atoms with Gasteiger partial charge in [0.1, 0.15) is 0 Å². The first-order valence-corrected chi connectivity index (χ1v) is 6.28. The van der Waals surface area contributed by atoms with Gasteiger partial charge in [0, 0.05) is 5.92 Å². The first-order valence-electron chi connectivity index (χ1n) is 6.28. The van der Waals surface area contributed by atoms with Crippen molar-refractivity contribution in [3.63, 3.8) is 0 Å². The summed E-state index contributed by atoms with van der Waals surface area (Å²) in [6, 6.07) is 0. The lowest BCUT2D eigenvalue weighted by atomic mass is 9.75. The molecule has 0 N–H and O–H groups in total. The summed E-state index contributed by atoms with van der Waals surface area (Å²) in [5.41, 5.74) is 2.80. The largest absolute Gasteiger partial charge is 0.369 e. The molecule has 1 aliphatic carbocycles. The van der Waals surface area contributed by atoms with Gasteiger partial charge in [0.05, 0.1) is 12.2 Å². The van der Waals surface area contributed by atoms with Crippen molar-refractivity contribution < 1.29 is 4.74 Å². The van der Waals surface area contributed by atoms with Crippen molar-refractivity contribution in [3.8, 4) is 0 Å². The van der Waals surface area contributed by atoms with E-state index in [0.29, 0.717) is 5.92 Å². The third kappa shape index (κ3) is 2.46. The fourth-order valence-corrected chi connectivity index (χ4v) is 2.77. The van der Waals surface area contributed by atoms with Crippen molar-refractivity contribution in [3.05, 3.63) is 36.0 Å². The standard InChI is InChI=1S/C15H22O/c1-12(2)7-6-8-13(3)14-9-4-5-10-15(14)11-16-15/h6-8,14H,1,4-5,9-11H2,2-3H3/b7-6+,13-8+. The Hall–Kier alpha value is -0.820. The number of hydrogen-bond donors (Lipinski definition) is 0. The van der Waals surface area contributed by atoms with Crippen molar-refractivity contribution >= 4 is 0 Å². The summed E-state index contributed by atoms with van der Waals surface area (Å²) in [7, 11) is 0. The highest BCUT2D eigenvalue weighted by molar-refractivity contribution is 5.24. The molecule has 2 atom stereocenters. The number of ether oxygens (including phenoxy) is 1. The Morgan fingerprint density at radius 2 is 2.12 bits per heavy atom. The summed E-state index contributed by atoms with van der Waals surface area (Å²) in [4.78, 5) is 0. The second-order valence-corrected chi connectivity index (χ2v) is 5.27. The van der Waals surface area contributed by atoms with Crippen LogP contribution in [0.15, 0.2) is 36.0 Å². The zero-order chi connectivity index (χ0) is 11.6. The Kier molecular flexibility index (Phi) is 3.34. The lowest BCUT2D eigenvalue weighted by Crippen LogP contribution is -2.29. The summed E-state index contributed by atoms with van der Waals surface area (Å²) in [6.45, 7) is 9.10. The third-order valence-electron chi connectivity index (χ3n) is 3.78. The minimum atomic E-state index is 0.232. The van der Waals surface area contributed by atoms with Gasteiger partial charge in [-0.25, -0.2) is 0 Å². The van der Waals surface area contributed by atoms with Gasteiger partial charge in [-0.2, -0.15) is 0 Å². The van der Waals surface area contributed by atoms with Crippen LogP contribution in [0.2, 0.25) is 0 Å². The highest BCUT2D eigenvalue weighted by atomic mass is 16.6. The predicted octanol–water partition coefficient (Wildman–Crippen LogP) is 4.02. The molecule has 2 rings (SSSR count). The summed E-state index contributed by atoms with van der Waals surface area (Å²) in [6.07, 6.45) is 11.6. The molecule has 1 nitrogen and oxygen atoms in total. The number of hydrogen-bond acceptors (Lipinski definition) is 1. The van der Waals surface area contributed by atoms with E-state index in [1.807, 2.05) is 6.92 Å². The molecule has 1 spiro atoms. The van der Waals surface area contributed by atoms with E-state index < -0.39 is 0 Å². The molecule has 16 heavy (non-hydrogen) atoms. The van der Waals surface area contributed by atoms with Crippen LogP contribution in [-0.2, 0) is 4.74 Å². The van der Waals surface area contributed by atoms with Crippen LogP contribution in [-0.4, -0.2) is 12.2 Å². The van der Waals surface area contributed by atoms with Crippen molar-refractivity contribution in [1.29, 1.82) is 0 Å². The Morgan fingerprint density at radius 1 is 1.38 bits per heavy atom. The Bertz CT molecular complexity index is 331. The molecule has 2 fully saturated rings. The molecule has 1 heteroatoms. The van der Waals surface area contributed by atoms with E-state index in [-0.39, 0.29) is 5.60 Å². The van der Waals surface area contributed by atoms with E-state index in [0.717, 1.165) is 12.2 Å². The minimum Gasteiger partial charge on any atom is -0.369 e. The van der Waals surface area contributed by atoms with Gasteiger partial charge in [-0.1, -0.05) is 48.8 Å². The van der Waals surface area contributed by atoms with Crippen LogP contribution in [0.5, 0.6) is 0 Å². The second-order valence-electron chi connectivity index (χ2n) is 5.27. The molecule has 0 aromatic carbocycles. The van der Waals surface area contributed by atoms with E-state index in [4.69, 9.17) is 4.74 Å². The molecule has 1 saturated heterocycles. The summed E-state index contributed by atoms with van der Waals surface area (Å²) < 4.78 is 5.72. The van der Waals surface area contributed by atoms with Crippen LogP contribution < -0.4 is 0 Å². The Balaban J connectivity index is 2.02. The predicted molar refractivity (Wildman–Crippen MR) is 68.4 cm³/mol. The van der Waals surface area contributed by atoms with Gasteiger partial charge in [0.15, 0.2) is 0 Å². The number of epoxide rings is 1. The molecule has 1 aliphatic heterocycles. The Labute approximate surface area is 98.9 Å². The topological polar surface area (TPSA) is 12.5 Å². The summed E-state index contributed by atoms with van der Waals surface area (Å²) in [5.74, 6) is 0.649. The first-order chi connectivity index (χ1) is 7.64. The van der Waals surface area contributed by atoms with Crippen molar-refractivity contribution in [2.75, 3.05) is 6.61 Å². The van der Waals surface area contributed by atoms with Gasteiger partial charge in [-0.15, -0.1) is 0 Å². The van der Waals surface area contributed by atoms with Crippen LogP contribution in [0.4, 0.5) is 0 Å². The van der Waals surface area contributed by atoms with Gasteiger partial charge < -0.3 is 4.74 Å². The lowest BCUT2D eigenvalue weighted by molar-refractivity contribution is 0.182. The maximum atomic E-state index is 5.72. The van der Waals surface area contributed by atoms with Gasteiger partial charge >= 0.3 is 0 Å². The molecule has 88 valence electrons. The Morgan fingerprint density at radius 3 is 2.75 bits per heavy atom. The minimum absolute atomic E-state index is 0.232. The SMILES string of the molecule is C=C(C)/C=C/C=C(\C)C1CCCCC12CO2. The van der Waals surface area contributed by atoms with E-state index in [2.05, 4.69) is 31.7 Å². The fourth-order valence-electron chi connectivity index (χ4n) is 2.77. The van der Waals surface area contributed by atoms with Gasteiger partial charge in [0.25, 0.3) is 0 Å². The average molecular weight is 218 g/mol. The maximum absolute atomic E-state index is 5.72. The molecule has 0 amide bonds. The number of allylic oxidation sites excluding steroid dienone is 4. The van der Waals surface area contributed by atoms with Crippen LogP contribution in [0.1, 0.15) is 39.5 Å². The lowest BCUT2D eigenvalue weighted by Gasteiger charge is -2.29. The molecular weight excluding hydrogens is 196 g/mol. The van der Waals surface area contributed by atoms with E-state index in [1.165, 1.54) is 31.3 Å². The van der Waals surface area contributed by atoms with E-state index in [9.17, 15) is 0 Å². The van der Waals surface area contributed by atoms with Crippen LogP contribution in [0, 0.1) is 5.92 Å². The zero-order valence-electron chi connectivity index (χ0n) is 10.5. The maximum Gasteiger partial charge on any atom is 0.0981 e. The monoisotopic (exact) mass is 218 g/mol. The molecule has 0 aromatic heterocycles. The average Bonchev–Trinajstić information content (AvgIpc) is 2.98. The van der Waals surface area contributed by atoms with Crippen LogP contribution in [0.3, 0.4) is 0 Å². The smallest absolute Gasteiger partial charge is 0.0981 e. The fraction of sp³-hybridized carbons (Fsp3) is 0.600. The number of rotatable bonds is 3. The van der Waals surface area contributed by atoms with Gasteiger partial charge in [-0.3, -0.25) is 0 Å². The molecular formula is C15H22O. The molecule has 2 unspecified atom stereocenters. The van der Waals surface area contributed by atoms with Gasteiger partial charge in [-0.05, 0) is 26.7 Å². The quantitative estimate of drug-likeness (QED) is 0.515. The molecule has 0 radical (unpaired) electrons. The van der Waals surface area contributed by atoms with Crippen molar-refractivity contribution in [2.45, 2.75) is 45.1 Å². The summed E-state index contributed by atoms with van der Waals surface area (Å²) >= 11 is 0. The molecule has 0 bridgehead atoms. The third-order valence-corrected chi connectivity index (χ3v) is 3.78. The zero-order valence-corrected chi connectivity index (χ0v) is 10.5.